The standard InChI is InChI=1S/C16H15BrClNO2/c17-13-6-7-15(14(18)10-13)19-16(20)8-9-21-11-12-4-2-1-3-5-12/h1-7,10H,8-9,11H2,(H,19,20). The van der Waals surface area contributed by atoms with Crippen LogP contribution in [0.5, 0.6) is 0 Å². The van der Waals surface area contributed by atoms with Gasteiger partial charge in [-0.3, -0.25) is 4.79 Å². The highest BCUT2D eigenvalue weighted by atomic mass is 79.9. The predicted octanol–water partition coefficient (Wildman–Crippen LogP) is 4.65. The third-order valence-corrected chi connectivity index (χ3v) is 3.60. The second-order valence-corrected chi connectivity index (χ2v) is 5.78. The topological polar surface area (TPSA) is 38.3 Å². The van der Waals surface area contributed by atoms with Gasteiger partial charge in [0.25, 0.3) is 0 Å². The van der Waals surface area contributed by atoms with Gasteiger partial charge in [-0.25, -0.2) is 0 Å². The van der Waals surface area contributed by atoms with Crippen molar-refractivity contribution in [3.63, 3.8) is 0 Å². The molecule has 0 saturated heterocycles. The summed E-state index contributed by atoms with van der Waals surface area (Å²) in [7, 11) is 0. The molecule has 0 fully saturated rings. The minimum absolute atomic E-state index is 0.118. The van der Waals surface area contributed by atoms with Gasteiger partial charge in [0.05, 0.1) is 30.3 Å². The molecule has 0 heterocycles. The summed E-state index contributed by atoms with van der Waals surface area (Å²) in [4.78, 5) is 11.8. The molecule has 3 nitrogen and oxygen atoms in total. The highest BCUT2D eigenvalue weighted by molar-refractivity contribution is 9.10. The highest BCUT2D eigenvalue weighted by Crippen LogP contribution is 2.25. The van der Waals surface area contributed by atoms with Gasteiger partial charge < -0.3 is 10.1 Å². The van der Waals surface area contributed by atoms with Gasteiger partial charge in [-0.15, -0.1) is 0 Å². The Balaban J connectivity index is 1.72. The van der Waals surface area contributed by atoms with Gasteiger partial charge >= 0.3 is 0 Å². The van der Waals surface area contributed by atoms with E-state index in [-0.39, 0.29) is 5.91 Å². The number of nitrogens with one attached hydrogen (secondary N) is 1. The zero-order chi connectivity index (χ0) is 15.1. The summed E-state index contributed by atoms with van der Waals surface area (Å²) in [5.41, 5.74) is 1.70. The predicted molar refractivity (Wildman–Crippen MR) is 88.5 cm³/mol. The molecule has 0 spiro atoms. The monoisotopic (exact) mass is 367 g/mol. The molecule has 21 heavy (non-hydrogen) atoms. The Labute approximate surface area is 137 Å². The van der Waals surface area contributed by atoms with E-state index in [4.69, 9.17) is 16.3 Å². The van der Waals surface area contributed by atoms with Crippen molar-refractivity contribution in [2.75, 3.05) is 11.9 Å². The number of rotatable bonds is 6. The smallest absolute Gasteiger partial charge is 0.226 e. The van der Waals surface area contributed by atoms with E-state index in [0.717, 1.165) is 10.0 Å². The van der Waals surface area contributed by atoms with E-state index in [2.05, 4.69) is 21.2 Å². The third-order valence-electron chi connectivity index (χ3n) is 2.79. The summed E-state index contributed by atoms with van der Waals surface area (Å²) in [6, 6.07) is 15.2. The van der Waals surface area contributed by atoms with Crippen LogP contribution in [0.15, 0.2) is 53.0 Å². The fraction of sp³-hybridized carbons (Fsp3) is 0.188. The van der Waals surface area contributed by atoms with Crippen molar-refractivity contribution in [1.82, 2.24) is 0 Å². The van der Waals surface area contributed by atoms with Gasteiger partial charge in [0, 0.05) is 4.47 Å². The van der Waals surface area contributed by atoms with Crippen LogP contribution in [0.25, 0.3) is 0 Å². The molecular formula is C16H15BrClNO2. The van der Waals surface area contributed by atoms with Crippen LogP contribution in [0.4, 0.5) is 5.69 Å². The van der Waals surface area contributed by atoms with Crippen molar-refractivity contribution in [1.29, 1.82) is 0 Å². The van der Waals surface area contributed by atoms with E-state index in [1.54, 1.807) is 12.1 Å². The first-order valence-corrected chi connectivity index (χ1v) is 7.69. The molecule has 0 saturated carbocycles. The molecule has 0 unspecified atom stereocenters. The zero-order valence-electron chi connectivity index (χ0n) is 11.3. The Kier molecular flexibility index (Phi) is 6.23. The summed E-state index contributed by atoms with van der Waals surface area (Å²) in [6.45, 7) is 0.877. The van der Waals surface area contributed by atoms with Crippen molar-refractivity contribution < 1.29 is 9.53 Å². The highest BCUT2D eigenvalue weighted by Gasteiger charge is 2.06. The maximum absolute atomic E-state index is 11.8. The number of carbonyl (C=O) groups excluding carboxylic acids is 1. The minimum atomic E-state index is -0.118. The molecule has 0 aliphatic heterocycles. The number of ether oxygens (including phenoxy) is 1. The normalized spacial score (nSPS) is 10.4. The summed E-state index contributed by atoms with van der Waals surface area (Å²) in [6.07, 6.45) is 0.291. The molecule has 5 heteroatoms. The van der Waals surface area contributed by atoms with Gasteiger partial charge in [0.2, 0.25) is 5.91 Å². The lowest BCUT2D eigenvalue weighted by molar-refractivity contribution is -0.117. The summed E-state index contributed by atoms with van der Waals surface area (Å²) >= 11 is 9.36. The Morgan fingerprint density at radius 2 is 1.95 bits per heavy atom. The van der Waals surface area contributed by atoms with E-state index in [0.29, 0.717) is 30.3 Å². The minimum Gasteiger partial charge on any atom is -0.376 e. The molecule has 1 amide bonds. The Bertz CT molecular complexity index is 604. The Morgan fingerprint density at radius 3 is 2.67 bits per heavy atom. The van der Waals surface area contributed by atoms with Crippen LogP contribution < -0.4 is 5.32 Å². The second-order valence-electron chi connectivity index (χ2n) is 4.46. The van der Waals surface area contributed by atoms with Gasteiger partial charge in [-0.2, -0.15) is 0 Å². The number of anilines is 1. The van der Waals surface area contributed by atoms with E-state index in [1.165, 1.54) is 0 Å². The van der Waals surface area contributed by atoms with Crippen molar-refractivity contribution >= 4 is 39.1 Å². The lowest BCUT2D eigenvalue weighted by Gasteiger charge is -2.08. The van der Waals surface area contributed by atoms with Crippen LogP contribution in [-0.2, 0) is 16.1 Å². The number of hydrogen-bond donors (Lipinski definition) is 1. The maximum atomic E-state index is 11.8. The van der Waals surface area contributed by atoms with Crippen LogP contribution in [0.2, 0.25) is 5.02 Å². The van der Waals surface area contributed by atoms with Gasteiger partial charge in [0.15, 0.2) is 0 Å². The molecular weight excluding hydrogens is 354 g/mol. The SMILES string of the molecule is O=C(CCOCc1ccccc1)Nc1ccc(Br)cc1Cl. The van der Waals surface area contributed by atoms with Gasteiger partial charge in [0.1, 0.15) is 0 Å². The molecule has 0 aliphatic rings. The fourth-order valence-corrected chi connectivity index (χ4v) is 2.45. The summed E-state index contributed by atoms with van der Waals surface area (Å²) in [5.74, 6) is -0.118. The molecule has 0 bridgehead atoms. The first-order chi connectivity index (χ1) is 10.1. The lowest BCUT2D eigenvalue weighted by atomic mass is 10.2. The number of halogens is 2. The molecule has 110 valence electrons. The van der Waals surface area contributed by atoms with E-state index >= 15 is 0 Å². The summed E-state index contributed by atoms with van der Waals surface area (Å²) < 4.78 is 6.35. The van der Waals surface area contributed by atoms with Crippen LogP contribution in [0.3, 0.4) is 0 Å². The van der Waals surface area contributed by atoms with E-state index < -0.39 is 0 Å². The molecule has 0 aliphatic carbocycles. The second kappa shape index (κ2) is 8.17. The molecule has 0 radical (unpaired) electrons. The zero-order valence-corrected chi connectivity index (χ0v) is 13.7. The average molecular weight is 369 g/mol. The number of amides is 1. The third kappa shape index (κ3) is 5.50. The Morgan fingerprint density at radius 1 is 1.19 bits per heavy atom. The van der Waals surface area contributed by atoms with E-state index in [9.17, 15) is 4.79 Å². The molecule has 0 aromatic heterocycles. The van der Waals surface area contributed by atoms with Crippen molar-refractivity contribution in [3.05, 3.63) is 63.6 Å². The van der Waals surface area contributed by atoms with Crippen LogP contribution in [0.1, 0.15) is 12.0 Å². The lowest BCUT2D eigenvalue weighted by Crippen LogP contribution is -2.14. The van der Waals surface area contributed by atoms with Gasteiger partial charge in [-0.1, -0.05) is 57.9 Å². The quantitative estimate of drug-likeness (QED) is 0.754. The first kappa shape index (κ1) is 16.0. The van der Waals surface area contributed by atoms with Crippen molar-refractivity contribution in [2.24, 2.45) is 0 Å². The van der Waals surface area contributed by atoms with Crippen LogP contribution in [0, 0.1) is 0 Å². The molecule has 1 N–H and O–H groups in total. The molecule has 2 aromatic carbocycles. The van der Waals surface area contributed by atoms with Crippen molar-refractivity contribution in [2.45, 2.75) is 13.0 Å². The largest absolute Gasteiger partial charge is 0.376 e. The van der Waals surface area contributed by atoms with E-state index in [1.807, 2.05) is 36.4 Å². The average Bonchev–Trinajstić information content (AvgIpc) is 2.48. The number of benzene rings is 2. The first-order valence-electron chi connectivity index (χ1n) is 6.52. The number of carbonyl (C=O) groups is 1. The Hall–Kier alpha value is -1.36. The molecule has 0 atom stereocenters. The molecule has 2 rings (SSSR count). The molecule has 2 aromatic rings. The number of hydrogen-bond acceptors (Lipinski definition) is 2. The van der Waals surface area contributed by atoms with Crippen molar-refractivity contribution in [3.8, 4) is 0 Å². The van der Waals surface area contributed by atoms with Crippen LogP contribution in [-0.4, -0.2) is 12.5 Å². The fourth-order valence-electron chi connectivity index (χ4n) is 1.73. The maximum Gasteiger partial charge on any atom is 0.226 e. The van der Waals surface area contributed by atoms with Crippen LogP contribution >= 0.6 is 27.5 Å². The summed E-state index contributed by atoms with van der Waals surface area (Å²) in [5, 5.41) is 3.27. The van der Waals surface area contributed by atoms with Gasteiger partial charge in [-0.05, 0) is 23.8 Å².